The summed E-state index contributed by atoms with van der Waals surface area (Å²) in [5.41, 5.74) is 1.13. The van der Waals surface area contributed by atoms with E-state index in [-0.39, 0.29) is 17.0 Å². The molecule has 25 heavy (non-hydrogen) atoms. The third-order valence-corrected chi connectivity index (χ3v) is 4.95. The Morgan fingerprint density at radius 3 is 1.96 bits per heavy atom. The quantitative estimate of drug-likeness (QED) is 0.569. The lowest BCUT2D eigenvalue weighted by Crippen LogP contribution is -2.37. The molecule has 0 radical (unpaired) electrons. The molecule has 1 unspecified atom stereocenters. The summed E-state index contributed by atoms with van der Waals surface area (Å²) >= 11 is 0. The van der Waals surface area contributed by atoms with E-state index in [1.807, 2.05) is 58.9 Å². The van der Waals surface area contributed by atoms with Crippen LogP contribution >= 0.6 is 0 Å². The van der Waals surface area contributed by atoms with Crippen LogP contribution in [0.25, 0.3) is 0 Å². The van der Waals surface area contributed by atoms with Crippen LogP contribution < -0.4 is 0 Å². The summed E-state index contributed by atoms with van der Waals surface area (Å²) in [5.74, 6) is 0.121. The summed E-state index contributed by atoms with van der Waals surface area (Å²) in [6.07, 6.45) is 1.11. The molecule has 0 bridgehead atoms. The lowest BCUT2D eigenvalue weighted by molar-refractivity contribution is -0.0917. The molecule has 0 aliphatic carbocycles. The molecule has 0 aliphatic heterocycles. The minimum atomic E-state index is -0.666. The number of hydrogen-bond acceptors (Lipinski definition) is 3. The van der Waals surface area contributed by atoms with E-state index in [1.54, 1.807) is 0 Å². The highest BCUT2D eigenvalue weighted by molar-refractivity contribution is 5.89. The summed E-state index contributed by atoms with van der Waals surface area (Å²) in [5, 5.41) is 0. The van der Waals surface area contributed by atoms with Gasteiger partial charge in [0.2, 0.25) is 0 Å². The molecular formula is C22H36O3. The number of esters is 1. The van der Waals surface area contributed by atoms with E-state index >= 15 is 0 Å². The van der Waals surface area contributed by atoms with Gasteiger partial charge in [-0.25, -0.2) is 4.79 Å². The maximum absolute atomic E-state index is 12.4. The van der Waals surface area contributed by atoms with Crippen molar-refractivity contribution in [2.45, 2.75) is 85.9 Å². The third kappa shape index (κ3) is 6.81. The molecule has 0 saturated carbocycles. The number of carbonyl (C=O) groups excluding carboxylic acids is 1. The van der Waals surface area contributed by atoms with Gasteiger partial charge >= 0.3 is 5.97 Å². The fourth-order valence-electron chi connectivity index (χ4n) is 2.39. The molecule has 0 heterocycles. The van der Waals surface area contributed by atoms with Gasteiger partial charge in [-0.15, -0.1) is 0 Å². The van der Waals surface area contributed by atoms with E-state index in [0.717, 1.165) is 6.42 Å². The van der Waals surface area contributed by atoms with Crippen LogP contribution in [-0.4, -0.2) is 23.8 Å². The molecule has 0 amide bonds. The number of rotatable bonds is 7. The Balaban J connectivity index is 2.77. The van der Waals surface area contributed by atoms with Crippen molar-refractivity contribution in [2.75, 3.05) is 6.61 Å². The van der Waals surface area contributed by atoms with Gasteiger partial charge in [0.05, 0.1) is 17.8 Å². The molecule has 1 aromatic rings. The molecule has 0 fully saturated rings. The molecule has 3 nitrogen and oxygen atoms in total. The Labute approximate surface area is 154 Å². The van der Waals surface area contributed by atoms with Crippen molar-refractivity contribution in [2.24, 2.45) is 5.41 Å². The molecular weight excluding hydrogens is 312 g/mol. The predicted octanol–water partition coefficient (Wildman–Crippen LogP) is 5.98. The maximum Gasteiger partial charge on any atom is 0.338 e. The van der Waals surface area contributed by atoms with Crippen LogP contribution in [0, 0.1) is 5.41 Å². The molecule has 0 aromatic heterocycles. The highest BCUT2D eigenvalue weighted by Gasteiger charge is 2.28. The fourth-order valence-corrected chi connectivity index (χ4v) is 2.39. The minimum absolute atomic E-state index is 0.230. The van der Waals surface area contributed by atoms with Crippen molar-refractivity contribution in [3.05, 3.63) is 35.4 Å². The van der Waals surface area contributed by atoms with Crippen LogP contribution in [-0.2, 0) is 9.47 Å². The SMILES string of the molecule is CCC(C)(C)C(C)c1ccc(C(=O)OC(C)(C)COC(C)(C)C)cc1. The molecule has 0 saturated heterocycles. The summed E-state index contributed by atoms with van der Waals surface area (Å²) in [6, 6.07) is 7.80. The minimum Gasteiger partial charge on any atom is -0.454 e. The van der Waals surface area contributed by atoms with E-state index in [2.05, 4.69) is 27.7 Å². The lowest BCUT2D eigenvalue weighted by atomic mass is 9.74. The third-order valence-electron chi connectivity index (χ3n) is 4.95. The first-order chi connectivity index (χ1) is 11.3. The average Bonchev–Trinajstić information content (AvgIpc) is 2.51. The first kappa shape index (κ1) is 21.7. The van der Waals surface area contributed by atoms with Gasteiger partial charge in [-0.05, 0) is 63.6 Å². The van der Waals surface area contributed by atoms with E-state index in [0.29, 0.717) is 18.1 Å². The van der Waals surface area contributed by atoms with Gasteiger partial charge in [-0.3, -0.25) is 0 Å². The molecule has 3 heteroatoms. The van der Waals surface area contributed by atoms with Crippen LogP contribution in [0.4, 0.5) is 0 Å². The van der Waals surface area contributed by atoms with Gasteiger partial charge in [0.25, 0.3) is 0 Å². The zero-order valence-corrected chi connectivity index (χ0v) is 17.5. The standard InChI is InChI=1S/C22H36O3/c1-10-21(6,7)16(2)17-11-13-18(14-12-17)19(23)25-22(8,9)15-24-20(3,4)5/h11-14,16H,10,15H2,1-9H3. The van der Waals surface area contributed by atoms with Crippen LogP contribution in [0.1, 0.15) is 90.6 Å². The van der Waals surface area contributed by atoms with Gasteiger partial charge in [-0.1, -0.05) is 46.2 Å². The Bertz CT molecular complexity index is 562. The Hall–Kier alpha value is -1.35. The lowest BCUT2D eigenvalue weighted by Gasteiger charge is -2.31. The highest BCUT2D eigenvalue weighted by atomic mass is 16.6. The normalized spacial score (nSPS) is 14.3. The first-order valence-corrected chi connectivity index (χ1v) is 9.25. The van der Waals surface area contributed by atoms with Crippen LogP contribution in [0.15, 0.2) is 24.3 Å². The van der Waals surface area contributed by atoms with Crippen molar-refractivity contribution in [1.82, 2.24) is 0 Å². The zero-order valence-electron chi connectivity index (χ0n) is 17.5. The second-order valence-corrected chi connectivity index (χ2v) is 9.24. The van der Waals surface area contributed by atoms with Crippen LogP contribution in [0.3, 0.4) is 0 Å². The second-order valence-electron chi connectivity index (χ2n) is 9.24. The van der Waals surface area contributed by atoms with E-state index in [4.69, 9.17) is 9.47 Å². The topological polar surface area (TPSA) is 35.5 Å². The average molecular weight is 349 g/mol. The molecule has 0 aliphatic rings. The molecule has 1 rings (SSSR count). The number of benzene rings is 1. The molecule has 0 spiro atoms. The van der Waals surface area contributed by atoms with Gasteiger partial charge in [0.1, 0.15) is 5.60 Å². The summed E-state index contributed by atoms with van der Waals surface area (Å²) in [6.45, 7) is 19.1. The Morgan fingerprint density at radius 2 is 1.52 bits per heavy atom. The van der Waals surface area contributed by atoms with Gasteiger partial charge in [0.15, 0.2) is 0 Å². The van der Waals surface area contributed by atoms with Crippen molar-refractivity contribution >= 4 is 5.97 Å². The largest absolute Gasteiger partial charge is 0.454 e. The zero-order chi connectivity index (χ0) is 19.5. The number of hydrogen-bond donors (Lipinski definition) is 0. The van der Waals surface area contributed by atoms with Crippen molar-refractivity contribution in [3.8, 4) is 0 Å². The fraction of sp³-hybridized carbons (Fsp3) is 0.682. The van der Waals surface area contributed by atoms with Crippen molar-refractivity contribution in [3.63, 3.8) is 0 Å². The van der Waals surface area contributed by atoms with Gasteiger partial charge in [0, 0.05) is 0 Å². The summed E-state index contributed by atoms with van der Waals surface area (Å²) in [7, 11) is 0. The van der Waals surface area contributed by atoms with E-state index in [1.165, 1.54) is 5.56 Å². The smallest absolute Gasteiger partial charge is 0.338 e. The molecule has 1 atom stereocenters. The highest BCUT2D eigenvalue weighted by Crippen LogP contribution is 2.37. The Morgan fingerprint density at radius 1 is 1.00 bits per heavy atom. The second kappa shape index (κ2) is 7.90. The summed E-state index contributed by atoms with van der Waals surface area (Å²) in [4.78, 5) is 12.4. The van der Waals surface area contributed by atoms with E-state index in [9.17, 15) is 4.79 Å². The molecule has 0 N–H and O–H groups in total. The van der Waals surface area contributed by atoms with Gasteiger partial charge < -0.3 is 9.47 Å². The predicted molar refractivity (Wildman–Crippen MR) is 104 cm³/mol. The number of ether oxygens (including phenoxy) is 2. The van der Waals surface area contributed by atoms with E-state index < -0.39 is 5.60 Å². The van der Waals surface area contributed by atoms with Crippen LogP contribution in [0.2, 0.25) is 0 Å². The monoisotopic (exact) mass is 348 g/mol. The number of carbonyl (C=O) groups is 1. The van der Waals surface area contributed by atoms with Crippen LogP contribution in [0.5, 0.6) is 0 Å². The van der Waals surface area contributed by atoms with Crippen molar-refractivity contribution in [1.29, 1.82) is 0 Å². The first-order valence-electron chi connectivity index (χ1n) is 9.25. The summed E-state index contributed by atoms with van der Waals surface area (Å²) < 4.78 is 11.4. The van der Waals surface area contributed by atoms with Crippen molar-refractivity contribution < 1.29 is 14.3 Å². The Kier molecular flexibility index (Phi) is 6.86. The maximum atomic E-state index is 12.4. The molecule has 142 valence electrons. The molecule has 1 aromatic carbocycles. The van der Waals surface area contributed by atoms with Gasteiger partial charge in [-0.2, -0.15) is 0 Å².